The van der Waals surface area contributed by atoms with E-state index >= 15 is 0 Å². The maximum absolute atomic E-state index is 14.6. The monoisotopic (exact) mass is 512 g/mol. The lowest BCUT2D eigenvalue weighted by molar-refractivity contribution is -0.121. The Hall–Kier alpha value is -3.99. The van der Waals surface area contributed by atoms with Crippen LogP contribution in [0.5, 0.6) is 11.5 Å². The average Bonchev–Trinajstić information content (AvgIpc) is 2.89. The van der Waals surface area contributed by atoms with Crippen molar-refractivity contribution < 1.29 is 28.2 Å². The van der Waals surface area contributed by atoms with Gasteiger partial charge in [-0.3, -0.25) is 14.4 Å². The van der Waals surface area contributed by atoms with Gasteiger partial charge in [-0.2, -0.15) is 0 Å². The van der Waals surface area contributed by atoms with Crippen molar-refractivity contribution in [1.82, 2.24) is 20.6 Å². The maximum atomic E-state index is 14.6. The molecule has 1 aliphatic rings. The van der Waals surface area contributed by atoms with Crippen molar-refractivity contribution in [2.24, 2.45) is 0 Å². The lowest BCUT2D eigenvalue weighted by atomic mass is 10.0. The highest BCUT2D eigenvalue weighted by Gasteiger charge is 2.23. The van der Waals surface area contributed by atoms with Gasteiger partial charge in [0.05, 0.1) is 38.0 Å². The molecule has 196 valence electrons. The summed E-state index contributed by atoms with van der Waals surface area (Å²) in [7, 11) is 1.55. The largest absolute Gasteiger partial charge is 0.497 e. The van der Waals surface area contributed by atoms with Crippen LogP contribution in [0.3, 0.4) is 0 Å². The van der Waals surface area contributed by atoms with Crippen LogP contribution in [0.2, 0.25) is 0 Å². The first-order valence-corrected chi connectivity index (χ1v) is 12.0. The number of hydrogen-bond acceptors (Lipinski definition) is 7. The van der Waals surface area contributed by atoms with Gasteiger partial charge >= 0.3 is 0 Å². The highest BCUT2D eigenvalue weighted by Crippen LogP contribution is 2.26. The molecule has 10 nitrogen and oxygen atoms in total. The van der Waals surface area contributed by atoms with Crippen molar-refractivity contribution in [2.45, 2.75) is 44.9 Å². The number of H-pyrrole nitrogens is 1. The minimum atomic E-state index is -0.703. The highest BCUT2D eigenvalue weighted by molar-refractivity contribution is 5.93. The molecule has 0 aliphatic carbocycles. The first-order valence-electron chi connectivity index (χ1n) is 12.0. The first kappa shape index (κ1) is 26.1. The molecular formula is C26H29FN4O6. The molecule has 2 heterocycles. The molecule has 4 rings (SSSR count). The number of rotatable bonds is 9. The van der Waals surface area contributed by atoms with Crippen LogP contribution in [0, 0.1) is 5.82 Å². The van der Waals surface area contributed by atoms with E-state index in [9.17, 15) is 18.8 Å². The number of halogens is 1. The van der Waals surface area contributed by atoms with Gasteiger partial charge in [0.25, 0.3) is 11.5 Å². The molecule has 2 aromatic carbocycles. The second-order valence-electron chi connectivity index (χ2n) is 8.79. The van der Waals surface area contributed by atoms with E-state index in [-0.39, 0.29) is 53.7 Å². The predicted octanol–water partition coefficient (Wildman–Crippen LogP) is 2.45. The number of nitrogens with one attached hydrogen (secondary N) is 3. The second kappa shape index (κ2) is 11.8. The number of nitrogens with zero attached hydrogens (tertiary/aromatic N) is 1. The van der Waals surface area contributed by atoms with Gasteiger partial charge in [0.1, 0.15) is 11.1 Å². The van der Waals surface area contributed by atoms with Gasteiger partial charge < -0.3 is 29.8 Å². The molecule has 2 amide bonds. The smallest absolute Gasteiger partial charge is 0.287 e. The molecule has 2 unspecified atom stereocenters. The highest BCUT2D eigenvalue weighted by atomic mass is 19.1. The van der Waals surface area contributed by atoms with Gasteiger partial charge in [0, 0.05) is 19.9 Å². The lowest BCUT2D eigenvalue weighted by Crippen LogP contribution is -2.42. The molecule has 1 fully saturated rings. The number of benzene rings is 2. The van der Waals surface area contributed by atoms with Gasteiger partial charge in [-0.1, -0.05) is 12.1 Å². The number of ether oxygens (including phenoxy) is 3. The zero-order valence-corrected chi connectivity index (χ0v) is 20.6. The Balaban J connectivity index is 1.40. The van der Waals surface area contributed by atoms with E-state index in [0.29, 0.717) is 18.8 Å². The molecule has 0 saturated carbocycles. The number of fused-ring (bicyclic) bond motifs is 1. The molecule has 1 saturated heterocycles. The number of methoxy groups -OCH3 is 1. The minimum Gasteiger partial charge on any atom is -0.497 e. The summed E-state index contributed by atoms with van der Waals surface area (Å²) in [5.41, 5.74) is 0.262. The summed E-state index contributed by atoms with van der Waals surface area (Å²) in [5.74, 6) is -1.14. The molecule has 0 spiro atoms. The fourth-order valence-corrected chi connectivity index (χ4v) is 4.20. The molecule has 0 radical (unpaired) electrons. The van der Waals surface area contributed by atoms with Crippen molar-refractivity contribution in [3.63, 3.8) is 0 Å². The second-order valence-corrected chi connectivity index (χ2v) is 8.79. The van der Waals surface area contributed by atoms with Gasteiger partial charge in [-0.25, -0.2) is 9.37 Å². The SMILES string of the molecule is COc1cccc(CNC(=O)c2nc3ccc(F)c(OCCC4CCC(NC(C)=O)CO4)c3c(=O)[nH]2)c1. The quantitative estimate of drug-likeness (QED) is 0.401. The first-order chi connectivity index (χ1) is 17.8. The summed E-state index contributed by atoms with van der Waals surface area (Å²) < 4.78 is 31.2. The van der Waals surface area contributed by atoms with E-state index in [1.807, 2.05) is 6.07 Å². The summed E-state index contributed by atoms with van der Waals surface area (Å²) in [6, 6.07) is 9.66. The van der Waals surface area contributed by atoms with Crippen molar-refractivity contribution in [2.75, 3.05) is 20.3 Å². The summed E-state index contributed by atoms with van der Waals surface area (Å²) in [4.78, 5) is 43.3. The summed E-state index contributed by atoms with van der Waals surface area (Å²) in [6.45, 7) is 2.18. The fraction of sp³-hybridized carbons (Fsp3) is 0.385. The Morgan fingerprint density at radius 3 is 2.81 bits per heavy atom. The summed E-state index contributed by atoms with van der Waals surface area (Å²) >= 11 is 0. The van der Waals surface area contributed by atoms with Crippen molar-refractivity contribution in [1.29, 1.82) is 0 Å². The van der Waals surface area contributed by atoms with Crippen LogP contribution in [0.4, 0.5) is 4.39 Å². The Morgan fingerprint density at radius 1 is 1.24 bits per heavy atom. The van der Waals surface area contributed by atoms with Crippen LogP contribution in [-0.4, -0.2) is 54.3 Å². The fourth-order valence-electron chi connectivity index (χ4n) is 4.20. The Bertz CT molecular complexity index is 1340. The van der Waals surface area contributed by atoms with E-state index in [4.69, 9.17) is 14.2 Å². The number of hydrogen-bond donors (Lipinski definition) is 3. The standard InChI is InChI=1S/C26H29FN4O6/c1-15(32)29-17-6-7-18(37-14-17)10-11-36-23-20(27)8-9-21-22(23)25(33)31-24(30-21)26(34)28-13-16-4-3-5-19(12-16)35-2/h3-5,8-9,12,17-18H,6-7,10-11,13-14H2,1-2H3,(H,28,34)(H,29,32)(H,30,31,33). The number of aromatic amines is 1. The van der Waals surface area contributed by atoms with E-state index in [1.165, 1.54) is 13.0 Å². The van der Waals surface area contributed by atoms with Gasteiger partial charge in [-0.05, 0) is 42.7 Å². The Morgan fingerprint density at radius 2 is 2.08 bits per heavy atom. The number of amides is 2. The molecule has 1 aromatic heterocycles. The topological polar surface area (TPSA) is 132 Å². The van der Waals surface area contributed by atoms with Crippen molar-refractivity contribution >= 4 is 22.7 Å². The zero-order valence-electron chi connectivity index (χ0n) is 20.6. The van der Waals surface area contributed by atoms with E-state index < -0.39 is 17.3 Å². The van der Waals surface area contributed by atoms with Crippen LogP contribution < -0.4 is 25.7 Å². The van der Waals surface area contributed by atoms with Crippen LogP contribution in [0.15, 0.2) is 41.2 Å². The molecule has 1 aliphatic heterocycles. The predicted molar refractivity (Wildman–Crippen MR) is 133 cm³/mol. The van der Waals surface area contributed by atoms with Gasteiger partial charge in [0.15, 0.2) is 17.4 Å². The number of aromatic nitrogens is 2. The van der Waals surface area contributed by atoms with Crippen LogP contribution in [0.25, 0.3) is 10.9 Å². The van der Waals surface area contributed by atoms with E-state index in [1.54, 1.807) is 25.3 Å². The molecule has 37 heavy (non-hydrogen) atoms. The lowest BCUT2D eigenvalue weighted by Gasteiger charge is -2.29. The molecule has 3 aromatic rings. The molecule has 11 heteroatoms. The summed E-state index contributed by atoms with van der Waals surface area (Å²) in [6.07, 6.45) is 1.89. The molecule has 3 N–H and O–H groups in total. The normalized spacial score (nSPS) is 17.3. The van der Waals surface area contributed by atoms with Crippen molar-refractivity contribution in [3.05, 3.63) is 64.0 Å². The molecule has 0 bridgehead atoms. The molecule has 2 atom stereocenters. The third kappa shape index (κ3) is 6.62. The Kier molecular flexibility index (Phi) is 8.34. The van der Waals surface area contributed by atoms with Crippen LogP contribution in [0.1, 0.15) is 42.4 Å². The maximum Gasteiger partial charge on any atom is 0.287 e. The summed E-state index contributed by atoms with van der Waals surface area (Å²) in [5, 5.41) is 5.46. The minimum absolute atomic E-state index is 0.0169. The van der Waals surface area contributed by atoms with E-state index in [0.717, 1.165) is 24.5 Å². The van der Waals surface area contributed by atoms with Gasteiger partial charge in [-0.15, -0.1) is 0 Å². The number of carbonyl (C=O) groups excluding carboxylic acids is 2. The Labute approximate surface area is 212 Å². The van der Waals surface area contributed by atoms with Gasteiger partial charge in [0.2, 0.25) is 5.91 Å². The third-order valence-corrected chi connectivity index (χ3v) is 6.05. The third-order valence-electron chi connectivity index (χ3n) is 6.05. The molecular weight excluding hydrogens is 483 g/mol. The van der Waals surface area contributed by atoms with Crippen molar-refractivity contribution in [3.8, 4) is 11.5 Å². The van der Waals surface area contributed by atoms with Crippen LogP contribution >= 0.6 is 0 Å². The van der Waals surface area contributed by atoms with Crippen LogP contribution in [-0.2, 0) is 16.1 Å². The van der Waals surface area contributed by atoms with E-state index in [2.05, 4.69) is 20.6 Å². The number of carbonyl (C=O) groups is 2. The zero-order chi connectivity index (χ0) is 26.4. The average molecular weight is 513 g/mol.